The monoisotopic (exact) mass is 292 g/mol. The maximum atomic E-state index is 10.9. The first kappa shape index (κ1) is 12.6. The van der Waals surface area contributed by atoms with Crippen LogP contribution in [0.25, 0.3) is 0 Å². The minimum atomic E-state index is 0.297. The number of halogens is 1. The topological polar surface area (TPSA) is 33.2 Å². The van der Waals surface area contributed by atoms with Crippen molar-refractivity contribution in [2.24, 2.45) is 0 Å². The molecule has 1 aliphatic heterocycles. The summed E-state index contributed by atoms with van der Waals surface area (Å²) in [6, 6.07) is 8.68. The molecule has 2 aromatic rings. The number of thiazole rings is 1. The Morgan fingerprint density at radius 1 is 1.47 bits per heavy atom. The van der Waals surface area contributed by atoms with Gasteiger partial charge in [0.05, 0.1) is 0 Å². The van der Waals surface area contributed by atoms with Gasteiger partial charge in [-0.3, -0.25) is 4.79 Å². The van der Waals surface area contributed by atoms with Gasteiger partial charge in [-0.15, -0.1) is 0 Å². The molecule has 1 aliphatic rings. The molecule has 0 amide bonds. The van der Waals surface area contributed by atoms with Crippen molar-refractivity contribution in [3.8, 4) is 0 Å². The average molecular weight is 293 g/mol. The van der Waals surface area contributed by atoms with Crippen LogP contribution in [0.5, 0.6) is 0 Å². The number of para-hydroxylation sites is 1. The summed E-state index contributed by atoms with van der Waals surface area (Å²) in [4.78, 5) is 17.9. The molecule has 0 radical (unpaired) electrons. The van der Waals surface area contributed by atoms with Gasteiger partial charge >= 0.3 is 0 Å². The zero-order chi connectivity index (χ0) is 13.4. The summed E-state index contributed by atoms with van der Waals surface area (Å²) in [6.07, 6.45) is 2.92. The van der Waals surface area contributed by atoms with Crippen LogP contribution in [0.3, 0.4) is 0 Å². The van der Waals surface area contributed by atoms with Gasteiger partial charge in [0.2, 0.25) is 0 Å². The van der Waals surface area contributed by atoms with E-state index in [1.165, 1.54) is 22.6 Å². The minimum absolute atomic E-state index is 0.297. The Kier molecular flexibility index (Phi) is 3.29. The van der Waals surface area contributed by atoms with E-state index in [4.69, 9.17) is 11.6 Å². The van der Waals surface area contributed by atoms with Crippen LogP contribution < -0.4 is 4.90 Å². The van der Waals surface area contributed by atoms with E-state index in [0.717, 1.165) is 24.3 Å². The molecule has 0 bridgehead atoms. The number of hydrogen-bond donors (Lipinski definition) is 0. The second-order valence-corrected chi connectivity index (χ2v) is 6.02. The van der Waals surface area contributed by atoms with E-state index >= 15 is 0 Å². The molecular formula is C14H13ClN2OS. The third kappa shape index (κ3) is 2.15. The largest absolute Gasteiger partial charge is 0.315 e. The highest BCUT2D eigenvalue weighted by atomic mass is 35.5. The Hall–Kier alpha value is -1.39. The molecule has 1 aromatic heterocycles. The Bertz CT molecular complexity index is 626. The maximum absolute atomic E-state index is 10.9. The maximum Gasteiger partial charge on any atom is 0.192 e. The SMILES string of the molecule is CC1CCc2ccccc2N1c1nc(Cl)c(C=O)s1. The average Bonchev–Trinajstić information content (AvgIpc) is 2.79. The summed E-state index contributed by atoms with van der Waals surface area (Å²) in [5, 5.41) is 1.09. The molecule has 2 heterocycles. The first-order valence-corrected chi connectivity index (χ1v) is 7.39. The highest BCUT2D eigenvalue weighted by molar-refractivity contribution is 7.17. The number of rotatable bonds is 2. The second kappa shape index (κ2) is 4.94. The van der Waals surface area contributed by atoms with E-state index in [9.17, 15) is 4.79 Å². The van der Waals surface area contributed by atoms with Crippen LogP contribution in [-0.2, 0) is 6.42 Å². The fourth-order valence-corrected chi connectivity index (χ4v) is 3.64. The molecule has 5 heteroatoms. The summed E-state index contributed by atoms with van der Waals surface area (Å²) in [6.45, 7) is 2.17. The Morgan fingerprint density at radius 3 is 3.00 bits per heavy atom. The number of carbonyl (C=O) groups excluding carboxylic acids is 1. The number of hydrogen-bond acceptors (Lipinski definition) is 4. The molecular weight excluding hydrogens is 280 g/mol. The lowest BCUT2D eigenvalue weighted by Gasteiger charge is -2.35. The van der Waals surface area contributed by atoms with Crippen molar-refractivity contribution in [1.82, 2.24) is 4.98 Å². The molecule has 1 atom stereocenters. The van der Waals surface area contributed by atoms with Crippen LogP contribution in [0.1, 0.15) is 28.6 Å². The number of anilines is 2. The molecule has 3 nitrogen and oxygen atoms in total. The first-order valence-electron chi connectivity index (χ1n) is 6.19. The molecule has 0 N–H and O–H groups in total. The van der Waals surface area contributed by atoms with Crippen molar-refractivity contribution in [1.29, 1.82) is 0 Å². The number of fused-ring (bicyclic) bond motifs is 1. The summed E-state index contributed by atoms with van der Waals surface area (Å²) in [7, 11) is 0. The molecule has 3 rings (SSSR count). The van der Waals surface area contributed by atoms with Crippen molar-refractivity contribution in [3.05, 3.63) is 39.9 Å². The van der Waals surface area contributed by atoms with E-state index in [2.05, 4.69) is 35.0 Å². The van der Waals surface area contributed by atoms with E-state index in [0.29, 0.717) is 16.1 Å². The standard InChI is InChI=1S/C14H13ClN2OS/c1-9-6-7-10-4-2-3-5-11(10)17(9)14-16-13(15)12(8-18)19-14/h2-5,8-9H,6-7H2,1H3. The number of benzene rings is 1. The fraction of sp³-hybridized carbons (Fsp3) is 0.286. The molecule has 19 heavy (non-hydrogen) atoms. The van der Waals surface area contributed by atoms with E-state index in [1.807, 2.05) is 6.07 Å². The van der Waals surface area contributed by atoms with Crippen LogP contribution in [0.15, 0.2) is 24.3 Å². The van der Waals surface area contributed by atoms with Gasteiger partial charge in [-0.2, -0.15) is 0 Å². The summed E-state index contributed by atoms with van der Waals surface area (Å²) in [5.41, 5.74) is 2.49. The zero-order valence-electron chi connectivity index (χ0n) is 10.5. The Labute approximate surface area is 120 Å². The van der Waals surface area contributed by atoms with E-state index in [1.54, 1.807) is 0 Å². The van der Waals surface area contributed by atoms with Gasteiger partial charge < -0.3 is 4.90 Å². The molecule has 0 saturated carbocycles. The van der Waals surface area contributed by atoms with Crippen LogP contribution in [0.2, 0.25) is 5.15 Å². The van der Waals surface area contributed by atoms with Crippen LogP contribution in [0.4, 0.5) is 10.8 Å². The smallest absolute Gasteiger partial charge is 0.192 e. The van der Waals surface area contributed by atoms with Crippen molar-refractivity contribution in [3.63, 3.8) is 0 Å². The number of aldehydes is 1. The zero-order valence-corrected chi connectivity index (χ0v) is 12.0. The molecule has 1 aromatic carbocycles. The van der Waals surface area contributed by atoms with Crippen molar-refractivity contribution < 1.29 is 4.79 Å². The molecule has 0 saturated heterocycles. The van der Waals surface area contributed by atoms with Gasteiger partial charge in [-0.1, -0.05) is 41.1 Å². The Balaban J connectivity index is 2.10. The van der Waals surface area contributed by atoms with Gasteiger partial charge in [0.15, 0.2) is 16.6 Å². The highest BCUT2D eigenvalue weighted by Crippen LogP contribution is 2.39. The van der Waals surface area contributed by atoms with Crippen molar-refractivity contribution in [2.45, 2.75) is 25.8 Å². The van der Waals surface area contributed by atoms with Crippen molar-refractivity contribution in [2.75, 3.05) is 4.90 Å². The molecule has 0 aliphatic carbocycles. The molecule has 1 unspecified atom stereocenters. The number of carbonyl (C=O) groups is 1. The summed E-state index contributed by atoms with van der Waals surface area (Å²) >= 11 is 7.33. The normalized spacial score (nSPS) is 18.2. The summed E-state index contributed by atoms with van der Waals surface area (Å²) < 4.78 is 0. The number of aromatic nitrogens is 1. The molecule has 0 fully saturated rings. The lowest BCUT2D eigenvalue weighted by molar-refractivity contribution is 0.112. The van der Waals surface area contributed by atoms with Crippen LogP contribution in [-0.4, -0.2) is 17.3 Å². The van der Waals surface area contributed by atoms with Gasteiger partial charge in [-0.25, -0.2) is 4.98 Å². The third-order valence-electron chi connectivity index (χ3n) is 3.43. The molecule has 0 spiro atoms. The van der Waals surface area contributed by atoms with Crippen molar-refractivity contribution >= 4 is 40.0 Å². The Morgan fingerprint density at radius 2 is 2.26 bits per heavy atom. The highest BCUT2D eigenvalue weighted by Gasteiger charge is 2.27. The minimum Gasteiger partial charge on any atom is -0.315 e. The van der Waals surface area contributed by atoms with E-state index < -0.39 is 0 Å². The summed E-state index contributed by atoms with van der Waals surface area (Å²) in [5.74, 6) is 0. The lowest BCUT2D eigenvalue weighted by Crippen LogP contribution is -2.33. The number of nitrogens with zero attached hydrogens (tertiary/aromatic N) is 2. The van der Waals surface area contributed by atoms with Crippen LogP contribution in [0, 0.1) is 0 Å². The van der Waals surface area contributed by atoms with E-state index in [-0.39, 0.29) is 0 Å². The van der Waals surface area contributed by atoms with Gasteiger partial charge in [-0.05, 0) is 31.4 Å². The van der Waals surface area contributed by atoms with Gasteiger partial charge in [0.25, 0.3) is 0 Å². The fourth-order valence-electron chi connectivity index (χ4n) is 2.46. The predicted molar refractivity (Wildman–Crippen MR) is 78.9 cm³/mol. The van der Waals surface area contributed by atoms with Crippen LogP contribution >= 0.6 is 22.9 Å². The quantitative estimate of drug-likeness (QED) is 0.782. The molecule has 98 valence electrons. The second-order valence-electron chi connectivity index (χ2n) is 4.66. The number of aryl methyl sites for hydroxylation is 1. The lowest BCUT2D eigenvalue weighted by atomic mass is 9.97. The first-order chi connectivity index (χ1) is 9.20. The van der Waals surface area contributed by atoms with Gasteiger partial charge in [0, 0.05) is 11.7 Å². The third-order valence-corrected chi connectivity index (χ3v) is 4.82. The van der Waals surface area contributed by atoms with Gasteiger partial charge in [0.1, 0.15) is 4.88 Å². The predicted octanol–water partition coefficient (Wildman–Crippen LogP) is 4.08.